The maximum Gasteiger partial charge on any atom is 0.253 e. The molecule has 0 spiro atoms. The smallest absolute Gasteiger partial charge is 0.253 e. The van der Waals surface area contributed by atoms with Crippen molar-refractivity contribution in [2.45, 2.75) is 13.5 Å². The molecule has 1 aromatic heterocycles. The Morgan fingerprint density at radius 1 is 1.18 bits per heavy atom. The van der Waals surface area contributed by atoms with Crippen LogP contribution in [0.2, 0.25) is 0 Å². The molecule has 0 aliphatic heterocycles. The number of nitrogens with zero attached hydrogens (tertiary/aromatic N) is 1. The monoisotopic (exact) mass is 299 g/mol. The van der Waals surface area contributed by atoms with Crippen molar-refractivity contribution in [3.05, 3.63) is 59.3 Å². The Balaban J connectivity index is 1.85. The first-order chi connectivity index (χ1) is 10.7. The summed E-state index contributed by atoms with van der Waals surface area (Å²) < 4.78 is 4.95. The lowest BCUT2D eigenvalue weighted by molar-refractivity contribution is 0.0950. The van der Waals surface area contributed by atoms with Gasteiger partial charge in [0.15, 0.2) is 0 Å². The van der Waals surface area contributed by atoms with Gasteiger partial charge >= 0.3 is 0 Å². The van der Waals surface area contributed by atoms with Gasteiger partial charge in [-0.3, -0.25) is 4.79 Å². The number of methoxy groups -OCH3 is 1. The Morgan fingerprint density at radius 3 is 2.59 bits per heavy atom. The number of nitrogens with one attached hydrogen (secondary N) is 2. The van der Waals surface area contributed by atoms with E-state index in [9.17, 15) is 4.79 Å². The Hall–Kier alpha value is -2.40. The molecule has 1 amide bonds. The Kier molecular flexibility index (Phi) is 5.91. The van der Waals surface area contributed by atoms with Crippen molar-refractivity contribution < 1.29 is 9.53 Å². The van der Waals surface area contributed by atoms with Gasteiger partial charge in [-0.2, -0.15) is 0 Å². The van der Waals surface area contributed by atoms with E-state index in [4.69, 9.17) is 4.74 Å². The molecule has 0 aliphatic rings. The van der Waals surface area contributed by atoms with Crippen molar-refractivity contribution in [2.75, 3.05) is 25.6 Å². The van der Waals surface area contributed by atoms with Gasteiger partial charge in [0, 0.05) is 26.4 Å². The van der Waals surface area contributed by atoms with Crippen LogP contribution in [0.3, 0.4) is 0 Å². The summed E-state index contributed by atoms with van der Waals surface area (Å²) >= 11 is 0. The average Bonchev–Trinajstić information content (AvgIpc) is 2.55. The van der Waals surface area contributed by atoms with Crippen molar-refractivity contribution in [1.29, 1.82) is 0 Å². The van der Waals surface area contributed by atoms with Crippen LogP contribution in [-0.4, -0.2) is 31.2 Å². The minimum Gasteiger partial charge on any atom is -0.383 e. The molecule has 2 rings (SSSR count). The molecule has 22 heavy (non-hydrogen) atoms. The fourth-order valence-corrected chi connectivity index (χ4v) is 1.90. The van der Waals surface area contributed by atoms with Crippen molar-refractivity contribution in [2.24, 2.45) is 0 Å². The van der Waals surface area contributed by atoms with Crippen LogP contribution in [0.5, 0.6) is 0 Å². The van der Waals surface area contributed by atoms with Crippen molar-refractivity contribution >= 4 is 11.7 Å². The minimum atomic E-state index is -0.128. The van der Waals surface area contributed by atoms with E-state index in [1.807, 2.05) is 31.2 Å². The van der Waals surface area contributed by atoms with E-state index in [0.29, 0.717) is 25.3 Å². The van der Waals surface area contributed by atoms with Crippen molar-refractivity contribution in [3.63, 3.8) is 0 Å². The number of ether oxygens (including phenoxy) is 1. The molecule has 0 radical (unpaired) electrons. The number of carbonyl (C=O) groups excluding carboxylic acids is 1. The lowest BCUT2D eigenvalue weighted by atomic mass is 10.1. The molecule has 0 fully saturated rings. The highest BCUT2D eigenvalue weighted by Crippen LogP contribution is 2.06. The highest BCUT2D eigenvalue weighted by molar-refractivity contribution is 5.93. The molecular weight excluding hydrogens is 278 g/mol. The van der Waals surface area contributed by atoms with Gasteiger partial charge in [-0.25, -0.2) is 4.98 Å². The summed E-state index contributed by atoms with van der Waals surface area (Å²) in [5, 5.41) is 5.99. The summed E-state index contributed by atoms with van der Waals surface area (Å²) in [6.45, 7) is 3.84. The first-order valence-electron chi connectivity index (χ1n) is 7.21. The summed E-state index contributed by atoms with van der Waals surface area (Å²) in [4.78, 5) is 16.3. The van der Waals surface area contributed by atoms with E-state index < -0.39 is 0 Å². The van der Waals surface area contributed by atoms with Gasteiger partial charge in [-0.1, -0.05) is 29.8 Å². The number of hydrogen-bond acceptors (Lipinski definition) is 4. The number of carbonyl (C=O) groups is 1. The van der Waals surface area contributed by atoms with Crippen LogP contribution >= 0.6 is 0 Å². The summed E-state index contributed by atoms with van der Waals surface area (Å²) in [6.07, 6.45) is 1.57. The van der Waals surface area contributed by atoms with Gasteiger partial charge in [0.25, 0.3) is 5.91 Å². The molecule has 116 valence electrons. The molecule has 0 bridgehead atoms. The molecule has 1 heterocycles. The SMILES string of the molecule is COCCNc1ccc(C(=O)NCc2ccc(C)cc2)cn1. The van der Waals surface area contributed by atoms with Crippen LogP contribution in [0.1, 0.15) is 21.5 Å². The normalized spacial score (nSPS) is 10.3. The van der Waals surface area contributed by atoms with Gasteiger partial charge in [0.2, 0.25) is 0 Å². The second kappa shape index (κ2) is 8.14. The van der Waals surface area contributed by atoms with Gasteiger partial charge < -0.3 is 15.4 Å². The van der Waals surface area contributed by atoms with Crippen molar-refractivity contribution in [3.8, 4) is 0 Å². The molecule has 0 aliphatic carbocycles. The largest absolute Gasteiger partial charge is 0.383 e. The third kappa shape index (κ3) is 4.86. The number of aryl methyl sites for hydroxylation is 1. The predicted octanol–water partition coefficient (Wildman–Crippen LogP) is 2.38. The summed E-state index contributed by atoms with van der Waals surface area (Å²) in [7, 11) is 1.65. The van der Waals surface area contributed by atoms with Crippen molar-refractivity contribution in [1.82, 2.24) is 10.3 Å². The van der Waals surface area contributed by atoms with E-state index in [1.54, 1.807) is 25.4 Å². The zero-order chi connectivity index (χ0) is 15.8. The molecule has 0 atom stereocenters. The molecule has 0 saturated carbocycles. The lowest BCUT2D eigenvalue weighted by Crippen LogP contribution is -2.23. The third-order valence-corrected chi connectivity index (χ3v) is 3.21. The van der Waals surface area contributed by atoms with E-state index in [-0.39, 0.29) is 5.91 Å². The fraction of sp³-hybridized carbons (Fsp3) is 0.294. The summed E-state index contributed by atoms with van der Waals surface area (Å²) in [5.74, 6) is 0.601. The standard InChI is InChI=1S/C17H21N3O2/c1-13-3-5-14(6-4-13)11-20-17(21)15-7-8-16(19-12-15)18-9-10-22-2/h3-8,12H,9-11H2,1-2H3,(H,18,19)(H,20,21). The van der Waals surface area contributed by atoms with E-state index in [1.165, 1.54) is 5.56 Å². The number of hydrogen-bond donors (Lipinski definition) is 2. The highest BCUT2D eigenvalue weighted by Gasteiger charge is 2.06. The maximum absolute atomic E-state index is 12.1. The topological polar surface area (TPSA) is 63.2 Å². The molecule has 5 nitrogen and oxygen atoms in total. The van der Waals surface area contributed by atoms with Crippen LogP contribution in [0.15, 0.2) is 42.6 Å². The summed E-state index contributed by atoms with van der Waals surface area (Å²) in [6, 6.07) is 11.6. The molecule has 2 N–H and O–H groups in total. The Labute approximate surface area is 130 Å². The van der Waals surface area contributed by atoms with Crippen LogP contribution in [0.25, 0.3) is 0 Å². The average molecular weight is 299 g/mol. The first-order valence-corrected chi connectivity index (χ1v) is 7.21. The number of rotatable bonds is 7. The van der Waals surface area contributed by atoms with Crippen LogP contribution in [0, 0.1) is 6.92 Å². The zero-order valence-corrected chi connectivity index (χ0v) is 12.9. The lowest BCUT2D eigenvalue weighted by Gasteiger charge is -2.07. The van der Waals surface area contributed by atoms with E-state index in [0.717, 1.165) is 11.4 Å². The molecular formula is C17H21N3O2. The zero-order valence-electron chi connectivity index (χ0n) is 12.9. The number of pyridine rings is 1. The number of anilines is 1. The number of amides is 1. The third-order valence-electron chi connectivity index (χ3n) is 3.21. The number of benzene rings is 1. The Morgan fingerprint density at radius 2 is 1.95 bits per heavy atom. The molecule has 0 saturated heterocycles. The molecule has 2 aromatic rings. The maximum atomic E-state index is 12.1. The minimum absolute atomic E-state index is 0.128. The second-order valence-corrected chi connectivity index (χ2v) is 5.02. The van der Waals surface area contributed by atoms with Crippen LogP contribution < -0.4 is 10.6 Å². The number of aromatic nitrogens is 1. The molecule has 0 unspecified atom stereocenters. The molecule has 1 aromatic carbocycles. The second-order valence-electron chi connectivity index (χ2n) is 5.02. The quantitative estimate of drug-likeness (QED) is 0.771. The van der Waals surface area contributed by atoms with Gasteiger partial charge in [0.05, 0.1) is 12.2 Å². The Bertz CT molecular complexity index is 594. The van der Waals surface area contributed by atoms with Gasteiger partial charge in [-0.05, 0) is 24.6 Å². The summed E-state index contributed by atoms with van der Waals surface area (Å²) in [5.41, 5.74) is 2.82. The molecule has 5 heteroatoms. The first kappa shape index (κ1) is 16.0. The van der Waals surface area contributed by atoms with Crippen LogP contribution in [-0.2, 0) is 11.3 Å². The predicted molar refractivity (Wildman–Crippen MR) is 87.0 cm³/mol. The highest BCUT2D eigenvalue weighted by atomic mass is 16.5. The van der Waals surface area contributed by atoms with Gasteiger partial charge in [0.1, 0.15) is 5.82 Å². The van der Waals surface area contributed by atoms with E-state index in [2.05, 4.69) is 15.6 Å². The fourth-order valence-electron chi connectivity index (χ4n) is 1.90. The van der Waals surface area contributed by atoms with E-state index >= 15 is 0 Å². The van der Waals surface area contributed by atoms with Crippen LogP contribution in [0.4, 0.5) is 5.82 Å². The van der Waals surface area contributed by atoms with Gasteiger partial charge in [-0.15, -0.1) is 0 Å².